The molecule has 5 rings (SSSR count). The topological polar surface area (TPSA) is 129 Å². The molecule has 1 saturated heterocycles. The first kappa shape index (κ1) is 40.3. The maximum Gasteiger partial charge on any atom is 0.142 e. The minimum atomic E-state index is -0.912. The van der Waals surface area contributed by atoms with Crippen molar-refractivity contribution >= 4 is 23.2 Å². The van der Waals surface area contributed by atoms with E-state index in [-0.39, 0.29) is 33.0 Å². The Morgan fingerprint density at radius 1 is 0.887 bits per heavy atom. The Balaban J connectivity index is 1.26. The number of rotatable bonds is 19. The van der Waals surface area contributed by atoms with E-state index in [1.165, 1.54) is 6.20 Å². The van der Waals surface area contributed by atoms with Crippen LogP contribution in [0.5, 0.6) is 17.2 Å². The number of pyridine rings is 1. The van der Waals surface area contributed by atoms with Crippen LogP contribution in [0.15, 0.2) is 67.0 Å². The molecule has 0 bridgehead atoms. The van der Waals surface area contributed by atoms with Crippen molar-refractivity contribution in [1.82, 2.24) is 15.2 Å². The lowest BCUT2D eigenvalue weighted by Crippen LogP contribution is -2.48. The van der Waals surface area contributed by atoms with Gasteiger partial charge in [0.2, 0.25) is 0 Å². The molecule has 0 saturated carbocycles. The lowest BCUT2D eigenvalue weighted by atomic mass is 9.96. The van der Waals surface area contributed by atoms with E-state index in [4.69, 9.17) is 42.1 Å². The van der Waals surface area contributed by atoms with Gasteiger partial charge in [0.1, 0.15) is 36.5 Å². The molecule has 1 aromatic heterocycles. The number of ether oxygens (including phenoxy) is 4. The SMILES string of the molecule is Cc1c(COc2cc(OCc3cncc(C#N)c3)c(CNC(C)(CO)CO)cc2Cl)cccc1-c1cccc(OCCCCCN2CCOCC2)c1Cl. The van der Waals surface area contributed by atoms with E-state index in [0.29, 0.717) is 45.0 Å². The van der Waals surface area contributed by atoms with Crippen molar-refractivity contribution < 1.29 is 29.2 Å². The molecule has 1 aliphatic rings. The van der Waals surface area contributed by atoms with Gasteiger partial charge < -0.3 is 34.5 Å². The summed E-state index contributed by atoms with van der Waals surface area (Å²) in [4.78, 5) is 6.58. The van der Waals surface area contributed by atoms with Gasteiger partial charge in [-0.2, -0.15) is 5.26 Å². The Bertz CT molecular complexity index is 1840. The summed E-state index contributed by atoms with van der Waals surface area (Å²) in [6, 6.07) is 19.2. The quantitative estimate of drug-likeness (QED) is 0.0851. The highest BCUT2D eigenvalue weighted by Gasteiger charge is 2.23. The third-order valence-electron chi connectivity index (χ3n) is 9.40. The zero-order valence-electron chi connectivity index (χ0n) is 30.4. The zero-order valence-corrected chi connectivity index (χ0v) is 31.9. The van der Waals surface area contributed by atoms with Crippen LogP contribution in [0.3, 0.4) is 0 Å². The number of unbranched alkanes of at least 4 members (excludes halogenated alkanes) is 2. The first-order valence-electron chi connectivity index (χ1n) is 17.9. The number of morpholine rings is 1. The van der Waals surface area contributed by atoms with Crippen LogP contribution in [0, 0.1) is 18.3 Å². The molecule has 2 heterocycles. The fraction of sp³-hybridized carbons (Fsp3) is 0.415. The number of hydrogen-bond acceptors (Lipinski definition) is 10. The second kappa shape index (κ2) is 20.0. The second-order valence-corrected chi connectivity index (χ2v) is 14.2. The van der Waals surface area contributed by atoms with E-state index in [0.717, 1.165) is 79.9 Å². The van der Waals surface area contributed by atoms with Gasteiger partial charge >= 0.3 is 0 Å². The predicted octanol–water partition coefficient (Wildman–Crippen LogP) is 7.11. The summed E-state index contributed by atoms with van der Waals surface area (Å²) in [6.07, 6.45) is 6.31. The molecule has 1 fully saturated rings. The smallest absolute Gasteiger partial charge is 0.142 e. The van der Waals surface area contributed by atoms with Crippen molar-refractivity contribution in [2.45, 2.75) is 58.4 Å². The number of halogens is 2. The molecule has 3 N–H and O–H groups in total. The molecule has 0 unspecified atom stereocenters. The number of aliphatic hydroxyl groups excluding tert-OH is 2. The maximum atomic E-state index is 9.80. The molecule has 53 heavy (non-hydrogen) atoms. The van der Waals surface area contributed by atoms with Gasteiger partial charge in [-0.15, -0.1) is 0 Å². The van der Waals surface area contributed by atoms with E-state index in [2.05, 4.69) is 21.3 Å². The van der Waals surface area contributed by atoms with Crippen molar-refractivity contribution in [3.8, 4) is 34.4 Å². The molecule has 1 aliphatic heterocycles. The lowest BCUT2D eigenvalue weighted by molar-refractivity contribution is 0.0370. The first-order valence-corrected chi connectivity index (χ1v) is 18.7. The largest absolute Gasteiger partial charge is 0.492 e. The van der Waals surface area contributed by atoms with E-state index >= 15 is 0 Å². The third-order valence-corrected chi connectivity index (χ3v) is 10.1. The summed E-state index contributed by atoms with van der Waals surface area (Å²) >= 11 is 13.7. The zero-order chi connectivity index (χ0) is 37.6. The molecule has 0 radical (unpaired) electrons. The van der Waals surface area contributed by atoms with Crippen LogP contribution in [-0.2, 0) is 24.5 Å². The molecule has 12 heteroatoms. The fourth-order valence-electron chi connectivity index (χ4n) is 5.96. The Kier molecular flexibility index (Phi) is 15.2. The van der Waals surface area contributed by atoms with E-state index in [9.17, 15) is 15.5 Å². The average Bonchev–Trinajstić information content (AvgIpc) is 3.19. The van der Waals surface area contributed by atoms with Gasteiger partial charge in [0, 0.05) is 54.8 Å². The molecule has 0 atom stereocenters. The van der Waals surface area contributed by atoms with E-state index in [1.54, 1.807) is 31.3 Å². The molecular formula is C41H48Cl2N4O6. The first-order chi connectivity index (χ1) is 25.7. The van der Waals surface area contributed by atoms with Gasteiger partial charge in [-0.3, -0.25) is 9.88 Å². The highest BCUT2D eigenvalue weighted by Crippen LogP contribution is 2.39. The number of nitrogens with zero attached hydrogens (tertiary/aromatic N) is 3. The van der Waals surface area contributed by atoms with Crippen LogP contribution in [-0.4, -0.2) is 78.3 Å². The lowest BCUT2D eigenvalue weighted by Gasteiger charge is -2.27. The van der Waals surface area contributed by atoms with Gasteiger partial charge in [-0.25, -0.2) is 0 Å². The fourth-order valence-corrected chi connectivity index (χ4v) is 6.48. The molecule has 282 valence electrons. The molecule has 3 aromatic carbocycles. The summed E-state index contributed by atoms with van der Waals surface area (Å²) in [5, 5.41) is 33.0. The molecule has 10 nitrogen and oxygen atoms in total. The Morgan fingerprint density at radius 2 is 1.64 bits per heavy atom. The minimum absolute atomic E-state index is 0.146. The minimum Gasteiger partial charge on any atom is -0.492 e. The highest BCUT2D eigenvalue weighted by atomic mass is 35.5. The number of nitrogens with one attached hydrogen (secondary N) is 1. The summed E-state index contributed by atoms with van der Waals surface area (Å²) in [6.45, 7) is 9.23. The Morgan fingerprint density at radius 3 is 2.42 bits per heavy atom. The maximum absolute atomic E-state index is 9.80. The van der Waals surface area contributed by atoms with Crippen LogP contribution in [0.25, 0.3) is 11.1 Å². The number of hydrogen-bond donors (Lipinski definition) is 3. The Hall–Kier alpha value is -3.92. The predicted molar refractivity (Wildman–Crippen MR) is 207 cm³/mol. The number of benzene rings is 3. The van der Waals surface area contributed by atoms with Gasteiger partial charge in [-0.05, 0) is 74.5 Å². The van der Waals surface area contributed by atoms with Gasteiger partial charge in [0.15, 0.2) is 0 Å². The average molecular weight is 764 g/mol. The molecular weight excluding hydrogens is 715 g/mol. The van der Waals surface area contributed by atoms with Crippen LogP contribution >= 0.6 is 23.2 Å². The number of aliphatic hydroxyl groups is 2. The monoisotopic (exact) mass is 762 g/mol. The molecule has 4 aromatic rings. The van der Waals surface area contributed by atoms with Gasteiger partial charge in [0.05, 0.1) is 54.2 Å². The molecule has 0 aliphatic carbocycles. The van der Waals surface area contributed by atoms with Crippen molar-refractivity contribution in [1.29, 1.82) is 5.26 Å². The van der Waals surface area contributed by atoms with Crippen LogP contribution < -0.4 is 19.5 Å². The molecule has 0 spiro atoms. The van der Waals surface area contributed by atoms with Crippen LogP contribution in [0.4, 0.5) is 0 Å². The highest BCUT2D eigenvalue weighted by molar-refractivity contribution is 6.35. The molecule has 0 amide bonds. The third kappa shape index (κ3) is 11.3. The second-order valence-electron chi connectivity index (χ2n) is 13.5. The van der Waals surface area contributed by atoms with E-state index in [1.807, 2.05) is 43.3 Å². The van der Waals surface area contributed by atoms with Crippen molar-refractivity contribution in [3.05, 3.63) is 105 Å². The summed E-state index contributed by atoms with van der Waals surface area (Å²) in [5.74, 6) is 1.58. The standard InChI is InChI=1S/C41H48Cl2N4O6/c1-29-32(8-6-9-34(29)35-10-7-11-37(40(35)43)51-15-5-3-4-12-47-13-16-50-17-14-47)26-53-39-20-38(52-25-31-18-30(21-44)22-45-23-31)33(19-36(39)42)24-46-41(2,27-48)28-49/h6-11,18-20,22-23,46,48-49H,3-5,12-17,24-28H2,1-2H3. The van der Waals surface area contributed by atoms with Crippen molar-refractivity contribution in [2.24, 2.45) is 0 Å². The summed E-state index contributed by atoms with van der Waals surface area (Å²) < 4.78 is 24.1. The van der Waals surface area contributed by atoms with Gasteiger partial charge in [0.25, 0.3) is 0 Å². The van der Waals surface area contributed by atoms with Crippen LogP contribution in [0.2, 0.25) is 10.0 Å². The summed E-state index contributed by atoms with van der Waals surface area (Å²) in [5.41, 5.74) is 4.76. The number of nitriles is 1. The number of aromatic nitrogens is 1. The van der Waals surface area contributed by atoms with E-state index < -0.39 is 5.54 Å². The van der Waals surface area contributed by atoms with Crippen molar-refractivity contribution in [2.75, 3.05) is 52.7 Å². The summed E-state index contributed by atoms with van der Waals surface area (Å²) in [7, 11) is 0. The van der Waals surface area contributed by atoms with Gasteiger partial charge in [-0.1, -0.05) is 53.5 Å². The van der Waals surface area contributed by atoms with Crippen LogP contribution in [0.1, 0.15) is 54.0 Å². The van der Waals surface area contributed by atoms with Crippen molar-refractivity contribution in [3.63, 3.8) is 0 Å². The Labute approximate surface area is 322 Å². The normalized spacial score (nSPS) is 13.5.